The molecule has 10 heteroatoms. The summed E-state index contributed by atoms with van der Waals surface area (Å²) in [5.74, 6) is -0.750. The number of fused-ring (bicyclic) bond motifs is 1. The molecule has 198 valence electrons. The van der Waals surface area contributed by atoms with Crippen molar-refractivity contribution in [1.82, 2.24) is 9.21 Å². The molecule has 37 heavy (non-hydrogen) atoms. The fourth-order valence-corrected chi connectivity index (χ4v) is 7.28. The Morgan fingerprint density at radius 3 is 2.41 bits per heavy atom. The standard InChI is InChI=1S/C27H33FN4O4S/c1-20(33)32-13-5-6-21-18-23(10-11-25(21)32)37(35,36)31-12-4-7-22(19-31)27(34)30-16-14-29(15-17-30)26-9-3-2-8-24(26)28/h2-3,8-11,18,22H,4-7,12-17,19H2,1H3/t22-/m1/s1. The number of carbonyl (C=O) groups excluding carboxylic acids is 2. The van der Waals surface area contributed by atoms with Gasteiger partial charge in [0.15, 0.2) is 0 Å². The number of halogens is 1. The monoisotopic (exact) mass is 528 g/mol. The van der Waals surface area contributed by atoms with Gasteiger partial charge in [-0.1, -0.05) is 12.1 Å². The van der Waals surface area contributed by atoms with E-state index in [1.54, 1.807) is 46.2 Å². The first kappa shape index (κ1) is 25.7. The van der Waals surface area contributed by atoms with Gasteiger partial charge in [-0.15, -0.1) is 0 Å². The lowest BCUT2D eigenvalue weighted by Gasteiger charge is -2.39. The second-order valence-corrected chi connectivity index (χ2v) is 12.0. The van der Waals surface area contributed by atoms with Crippen LogP contribution < -0.4 is 9.80 Å². The number of amides is 2. The van der Waals surface area contributed by atoms with E-state index < -0.39 is 15.9 Å². The third kappa shape index (κ3) is 5.09. The van der Waals surface area contributed by atoms with Crippen molar-refractivity contribution in [2.75, 3.05) is 55.6 Å². The summed E-state index contributed by atoms with van der Waals surface area (Å²) in [6.07, 6.45) is 2.78. The van der Waals surface area contributed by atoms with Crippen LogP contribution in [0, 0.1) is 11.7 Å². The highest BCUT2D eigenvalue weighted by Gasteiger charge is 2.36. The number of aryl methyl sites for hydroxylation is 1. The van der Waals surface area contributed by atoms with Crippen molar-refractivity contribution in [3.63, 3.8) is 0 Å². The zero-order valence-electron chi connectivity index (χ0n) is 21.1. The first-order chi connectivity index (χ1) is 17.8. The van der Waals surface area contributed by atoms with Gasteiger partial charge in [0.05, 0.1) is 16.5 Å². The zero-order chi connectivity index (χ0) is 26.2. The summed E-state index contributed by atoms with van der Waals surface area (Å²) in [4.78, 5) is 30.9. The summed E-state index contributed by atoms with van der Waals surface area (Å²) in [5.41, 5.74) is 2.18. The van der Waals surface area contributed by atoms with Gasteiger partial charge < -0.3 is 14.7 Å². The Labute approximate surface area is 217 Å². The molecule has 1 atom stereocenters. The number of carbonyl (C=O) groups is 2. The van der Waals surface area contributed by atoms with E-state index >= 15 is 0 Å². The molecule has 0 saturated carbocycles. The highest BCUT2D eigenvalue weighted by atomic mass is 32.2. The Kier molecular flexibility index (Phi) is 7.22. The molecule has 2 fully saturated rings. The van der Waals surface area contributed by atoms with Crippen molar-refractivity contribution in [2.24, 2.45) is 5.92 Å². The van der Waals surface area contributed by atoms with E-state index in [1.165, 1.54) is 17.3 Å². The van der Waals surface area contributed by atoms with Crippen molar-refractivity contribution in [1.29, 1.82) is 0 Å². The molecule has 2 saturated heterocycles. The Balaban J connectivity index is 1.25. The van der Waals surface area contributed by atoms with Crippen LogP contribution in [0.2, 0.25) is 0 Å². The van der Waals surface area contributed by atoms with Crippen LogP contribution in [0.15, 0.2) is 47.4 Å². The molecular formula is C27H33FN4O4S. The van der Waals surface area contributed by atoms with E-state index in [2.05, 4.69) is 0 Å². The quantitative estimate of drug-likeness (QED) is 0.610. The summed E-state index contributed by atoms with van der Waals surface area (Å²) in [6.45, 7) is 4.72. The molecule has 0 bridgehead atoms. The topological polar surface area (TPSA) is 81.2 Å². The number of hydrogen-bond acceptors (Lipinski definition) is 5. The number of para-hydroxylation sites is 1. The molecular weight excluding hydrogens is 495 g/mol. The van der Waals surface area contributed by atoms with E-state index in [0.717, 1.165) is 24.1 Å². The fraction of sp³-hybridized carbons (Fsp3) is 0.481. The third-order valence-electron chi connectivity index (χ3n) is 7.71. The number of sulfonamides is 1. The lowest BCUT2D eigenvalue weighted by atomic mass is 9.97. The van der Waals surface area contributed by atoms with Crippen LogP contribution >= 0.6 is 0 Å². The molecule has 3 aliphatic heterocycles. The largest absolute Gasteiger partial charge is 0.366 e. The average molecular weight is 529 g/mol. The van der Waals surface area contributed by atoms with Crippen LogP contribution in [0.3, 0.4) is 0 Å². The van der Waals surface area contributed by atoms with Crippen LogP contribution in [-0.4, -0.2) is 75.3 Å². The van der Waals surface area contributed by atoms with Crippen molar-refractivity contribution < 1.29 is 22.4 Å². The van der Waals surface area contributed by atoms with Crippen LogP contribution in [-0.2, 0) is 26.0 Å². The minimum atomic E-state index is -3.77. The first-order valence-electron chi connectivity index (χ1n) is 12.9. The fourth-order valence-electron chi connectivity index (χ4n) is 5.71. The Hall–Kier alpha value is -2.98. The van der Waals surface area contributed by atoms with Gasteiger partial charge in [-0.2, -0.15) is 4.31 Å². The molecule has 3 heterocycles. The van der Waals surface area contributed by atoms with Crippen LogP contribution in [0.25, 0.3) is 0 Å². The number of benzene rings is 2. The predicted octanol–water partition coefficient (Wildman–Crippen LogP) is 2.87. The molecule has 5 rings (SSSR count). The average Bonchev–Trinajstić information content (AvgIpc) is 2.92. The van der Waals surface area contributed by atoms with Crippen molar-refractivity contribution >= 4 is 33.2 Å². The van der Waals surface area contributed by atoms with E-state index in [9.17, 15) is 22.4 Å². The summed E-state index contributed by atoms with van der Waals surface area (Å²) in [7, 11) is -3.77. The van der Waals surface area contributed by atoms with Gasteiger partial charge in [0, 0.05) is 58.4 Å². The maximum atomic E-state index is 14.2. The van der Waals surface area contributed by atoms with E-state index in [0.29, 0.717) is 57.8 Å². The highest BCUT2D eigenvalue weighted by molar-refractivity contribution is 7.89. The Bertz CT molecular complexity index is 1290. The van der Waals surface area contributed by atoms with Gasteiger partial charge in [-0.3, -0.25) is 9.59 Å². The Morgan fingerprint density at radius 1 is 0.919 bits per heavy atom. The van der Waals surface area contributed by atoms with E-state index in [1.807, 2.05) is 4.90 Å². The molecule has 0 N–H and O–H groups in total. The van der Waals surface area contributed by atoms with Crippen LogP contribution in [0.1, 0.15) is 31.7 Å². The van der Waals surface area contributed by atoms with Crippen molar-refractivity contribution in [2.45, 2.75) is 37.5 Å². The minimum absolute atomic E-state index is 0.0318. The van der Waals surface area contributed by atoms with Crippen LogP contribution in [0.4, 0.5) is 15.8 Å². The first-order valence-corrected chi connectivity index (χ1v) is 14.4. The second kappa shape index (κ2) is 10.4. The number of anilines is 2. The molecule has 2 aromatic carbocycles. The molecule has 0 radical (unpaired) electrons. The Morgan fingerprint density at radius 2 is 1.68 bits per heavy atom. The molecule has 0 spiro atoms. The summed E-state index contributed by atoms with van der Waals surface area (Å²) in [6, 6.07) is 11.6. The maximum Gasteiger partial charge on any atom is 0.243 e. The van der Waals surface area contributed by atoms with Gasteiger partial charge in [-0.05, 0) is 61.6 Å². The number of nitrogens with zero attached hydrogens (tertiary/aromatic N) is 4. The molecule has 2 aromatic rings. The van der Waals surface area contributed by atoms with Crippen molar-refractivity contribution in [3.05, 3.63) is 53.8 Å². The summed E-state index contributed by atoms with van der Waals surface area (Å²) >= 11 is 0. The highest BCUT2D eigenvalue weighted by Crippen LogP contribution is 2.32. The summed E-state index contributed by atoms with van der Waals surface area (Å²) in [5, 5.41) is 0. The summed E-state index contributed by atoms with van der Waals surface area (Å²) < 4.78 is 42.7. The predicted molar refractivity (Wildman–Crippen MR) is 139 cm³/mol. The van der Waals surface area contributed by atoms with Crippen molar-refractivity contribution in [3.8, 4) is 0 Å². The SMILES string of the molecule is CC(=O)N1CCCc2cc(S(=O)(=O)N3CCC[C@@H](C(=O)N4CCN(c5ccccc5F)CC4)C3)ccc21. The van der Waals surface area contributed by atoms with Gasteiger partial charge in [0.2, 0.25) is 21.8 Å². The molecule has 0 aromatic heterocycles. The third-order valence-corrected chi connectivity index (χ3v) is 9.57. The lowest BCUT2D eigenvalue weighted by Crippen LogP contribution is -2.53. The van der Waals surface area contributed by atoms with E-state index in [-0.39, 0.29) is 29.1 Å². The van der Waals surface area contributed by atoms with Crippen LogP contribution in [0.5, 0.6) is 0 Å². The normalized spacial score (nSPS) is 21.0. The molecule has 0 unspecified atom stereocenters. The number of rotatable bonds is 4. The molecule has 2 amide bonds. The number of piperazine rings is 1. The number of piperidine rings is 1. The molecule has 3 aliphatic rings. The van der Waals surface area contributed by atoms with Gasteiger partial charge in [-0.25, -0.2) is 12.8 Å². The van der Waals surface area contributed by atoms with Gasteiger partial charge >= 0.3 is 0 Å². The smallest absolute Gasteiger partial charge is 0.243 e. The second-order valence-electron chi connectivity index (χ2n) is 10.0. The maximum absolute atomic E-state index is 14.2. The number of hydrogen-bond donors (Lipinski definition) is 0. The lowest BCUT2D eigenvalue weighted by molar-refractivity contribution is -0.137. The molecule has 8 nitrogen and oxygen atoms in total. The minimum Gasteiger partial charge on any atom is -0.366 e. The van der Waals surface area contributed by atoms with E-state index in [4.69, 9.17) is 0 Å². The van der Waals surface area contributed by atoms with Gasteiger partial charge in [0.25, 0.3) is 0 Å². The van der Waals surface area contributed by atoms with Gasteiger partial charge in [0.1, 0.15) is 5.82 Å². The molecule has 0 aliphatic carbocycles. The zero-order valence-corrected chi connectivity index (χ0v) is 21.9.